The number of hydrogen-bond acceptors (Lipinski definition) is 3. The van der Waals surface area contributed by atoms with Crippen LogP contribution in [0.15, 0.2) is 0 Å². The van der Waals surface area contributed by atoms with E-state index in [2.05, 4.69) is 24.2 Å². The second-order valence-electron chi connectivity index (χ2n) is 2.97. The van der Waals surface area contributed by atoms with Crippen molar-refractivity contribution < 1.29 is 5.11 Å². The van der Waals surface area contributed by atoms with Crippen LogP contribution < -0.4 is 5.32 Å². The summed E-state index contributed by atoms with van der Waals surface area (Å²) in [6.45, 7) is 4.44. The van der Waals surface area contributed by atoms with Gasteiger partial charge >= 0.3 is 0 Å². The summed E-state index contributed by atoms with van der Waals surface area (Å²) in [5, 5.41) is 12.3. The zero-order valence-electron chi connectivity index (χ0n) is 6.67. The highest BCUT2D eigenvalue weighted by molar-refractivity contribution is 4.83. The molecule has 2 atom stereocenters. The van der Waals surface area contributed by atoms with Gasteiger partial charge in [-0.25, -0.2) is 0 Å². The summed E-state index contributed by atoms with van der Waals surface area (Å²) in [7, 11) is 2.05. The van der Waals surface area contributed by atoms with E-state index < -0.39 is 0 Å². The van der Waals surface area contributed by atoms with E-state index in [9.17, 15) is 0 Å². The minimum absolute atomic E-state index is 0.255. The SMILES string of the molecule is CC1NCCN(C)C1CO. The monoisotopic (exact) mass is 144 g/mol. The van der Waals surface area contributed by atoms with Crippen molar-refractivity contribution in [3.05, 3.63) is 0 Å². The summed E-state index contributed by atoms with van der Waals surface area (Å²) in [5.74, 6) is 0. The van der Waals surface area contributed by atoms with Crippen LogP contribution in [-0.4, -0.2) is 48.8 Å². The first-order valence-electron chi connectivity index (χ1n) is 3.80. The van der Waals surface area contributed by atoms with Crippen LogP contribution in [0.25, 0.3) is 0 Å². The van der Waals surface area contributed by atoms with Crippen molar-refractivity contribution in [1.29, 1.82) is 0 Å². The van der Waals surface area contributed by atoms with E-state index in [1.54, 1.807) is 0 Å². The Morgan fingerprint density at radius 2 is 2.40 bits per heavy atom. The average Bonchev–Trinajstić information content (AvgIpc) is 1.88. The number of nitrogens with zero attached hydrogens (tertiary/aromatic N) is 1. The van der Waals surface area contributed by atoms with Gasteiger partial charge in [0.05, 0.1) is 6.61 Å². The van der Waals surface area contributed by atoms with Gasteiger partial charge in [0, 0.05) is 25.2 Å². The molecule has 1 aliphatic rings. The molecule has 3 nitrogen and oxygen atoms in total. The Morgan fingerprint density at radius 3 is 2.80 bits per heavy atom. The molecular formula is C7H16N2O. The van der Waals surface area contributed by atoms with E-state index >= 15 is 0 Å². The van der Waals surface area contributed by atoms with Crippen LogP contribution in [0.3, 0.4) is 0 Å². The third kappa shape index (κ3) is 1.48. The first-order valence-corrected chi connectivity index (χ1v) is 3.80. The lowest BCUT2D eigenvalue weighted by atomic mass is 10.1. The number of piperazine rings is 1. The van der Waals surface area contributed by atoms with Crippen LogP contribution in [0.2, 0.25) is 0 Å². The first-order chi connectivity index (χ1) is 4.75. The molecule has 1 fully saturated rings. The second kappa shape index (κ2) is 3.32. The number of aliphatic hydroxyl groups excluding tert-OH is 1. The normalized spacial score (nSPS) is 36.3. The Kier molecular flexibility index (Phi) is 2.65. The van der Waals surface area contributed by atoms with Gasteiger partial charge in [-0.1, -0.05) is 0 Å². The van der Waals surface area contributed by atoms with E-state index in [4.69, 9.17) is 5.11 Å². The standard InChI is InChI=1S/C7H16N2O/c1-6-7(5-10)9(2)4-3-8-6/h6-8,10H,3-5H2,1-2H3. The molecule has 60 valence electrons. The highest BCUT2D eigenvalue weighted by Crippen LogP contribution is 2.05. The molecule has 0 aliphatic carbocycles. The number of hydrogen-bond donors (Lipinski definition) is 2. The Morgan fingerprint density at radius 1 is 1.70 bits per heavy atom. The lowest BCUT2D eigenvalue weighted by Crippen LogP contribution is -2.56. The molecule has 10 heavy (non-hydrogen) atoms. The molecule has 1 heterocycles. The van der Waals surface area contributed by atoms with Crippen LogP contribution in [0.1, 0.15) is 6.92 Å². The van der Waals surface area contributed by atoms with Gasteiger partial charge in [-0.3, -0.25) is 4.90 Å². The fourth-order valence-corrected chi connectivity index (χ4v) is 1.45. The van der Waals surface area contributed by atoms with Crippen LogP contribution in [-0.2, 0) is 0 Å². The Bertz CT molecular complexity index is 97.8. The molecule has 0 aromatic carbocycles. The zero-order valence-corrected chi connectivity index (χ0v) is 6.67. The minimum Gasteiger partial charge on any atom is -0.395 e. The van der Waals surface area contributed by atoms with Crippen LogP contribution >= 0.6 is 0 Å². The lowest BCUT2D eigenvalue weighted by Gasteiger charge is -2.36. The smallest absolute Gasteiger partial charge is 0.0601 e. The Balaban J connectivity index is 2.45. The van der Waals surface area contributed by atoms with E-state index in [0.717, 1.165) is 13.1 Å². The number of likely N-dealkylation sites (N-methyl/N-ethyl adjacent to an activating group) is 1. The highest BCUT2D eigenvalue weighted by Gasteiger charge is 2.23. The molecule has 0 bridgehead atoms. The van der Waals surface area contributed by atoms with Gasteiger partial charge in [0.15, 0.2) is 0 Å². The summed E-state index contributed by atoms with van der Waals surface area (Å²) < 4.78 is 0. The Hall–Kier alpha value is -0.120. The fourth-order valence-electron chi connectivity index (χ4n) is 1.45. The summed E-state index contributed by atoms with van der Waals surface area (Å²) in [6.07, 6.45) is 0. The second-order valence-corrected chi connectivity index (χ2v) is 2.97. The first kappa shape index (κ1) is 7.98. The molecule has 0 radical (unpaired) electrons. The van der Waals surface area contributed by atoms with Gasteiger partial charge in [-0.2, -0.15) is 0 Å². The number of aliphatic hydroxyl groups is 1. The molecule has 0 aromatic rings. The Labute approximate surface area is 62.0 Å². The number of nitrogens with one attached hydrogen (secondary N) is 1. The summed E-state index contributed by atoms with van der Waals surface area (Å²) >= 11 is 0. The molecule has 0 aromatic heterocycles. The molecular weight excluding hydrogens is 128 g/mol. The summed E-state index contributed by atoms with van der Waals surface area (Å²) in [5.41, 5.74) is 0. The molecule has 0 amide bonds. The maximum absolute atomic E-state index is 8.95. The average molecular weight is 144 g/mol. The molecule has 0 spiro atoms. The van der Waals surface area contributed by atoms with Gasteiger partial charge in [0.2, 0.25) is 0 Å². The van der Waals surface area contributed by atoms with E-state index in [1.165, 1.54) is 0 Å². The third-order valence-corrected chi connectivity index (χ3v) is 2.26. The van der Waals surface area contributed by atoms with Crippen molar-refractivity contribution in [1.82, 2.24) is 10.2 Å². The van der Waals surface area contributed by atoms with Crippen molar-refractivity contribution in [2.24, 2.45) is 0 Å². The van der Waals surface area contributed by atoms with Gasteiger partial charge in [-0.05, 0) is 14.0 Å². The molecule has 1 saturated heterocycles. The quantitative estimate of drug-likeness (QED) is 0.509. The number of rotatable bonds is 1. The molecule has 1 aliphatic heterocycles. The van der Waals surface area contributed by atoms with Gasteiger partial charge in [0.25, 0.3) is 0 Å². The van der Waals surface area contributed by atoms with E-state index in [1.807, 2.05) is 0 Å². The molecule has 2 unspecified atom stereocenters. The topological polar surface area (TPSA) is 35.5 Å². The largest absolute Gasteiger partial charge is 0.395 e. The van der Waals surface area contributed by atoms with Crippen LogP contribution in [0.5, 0.6) is 0 Å². The third-order valence-electron chi connectivity index (χ3n) is 2.26. The predicted octanol–water partition coefficient (Wildman–Crippen LogP) is -0.729. The van der Waals surface area contributed by atoms with Crippen molar-refractivity contribution >= 4 is 0 Å². The zero-order chi connectivity index (χ0) is 7.56. The predicted molar refractivity (Wildman–Crippen MR) is 41.0 cm³/mol. The molecule has 2 N–H and O–H groups in total. The lowest BCUT2D eigenvalue weighted by molar-refractivity contribution is 0.0949. The summed E-state index contributed by atoms with van der Waals surface area (Å²) in [4.78, 5) is 2.20. The van der Waals surface area contributed by atoms with E-state index in [0.29, 0.717) is 12.1 Å². The van der Waals surface area contributed by atoms with Crippen LogP contribution in [0.4, 0.5) is 0 Å². The van der Waals surface area contributed by atoms with Gasteiger partial charge in [0.1, 0.15) is 0 Å². The van der Waals surface area contributed by atoms with Crippen molar-refractivity contribution in [3.8, 4) is 0 Å². The fraction of sp³-hybridized carbons (Fsp3) is 1.00. The van der Waals surface area contributed by atoms with Crippen molar-refractivity contribution in [2.45, 2.75) is 19.0 Å². The minimum atomic E-state index is 0.255. The maximum Gasteiger partial charge on any atom is 0.0601 e. The molecule has 0 saturated carbocycles. The summed E-state index contributed by atoms with van der Waals surface area (Å²) in [6, 6.07) is 0.720. The van der Waals surface area contributed by atoms with Gasteiger partial charge in [-0.15, -0.1) is 0 Å². The van der Waals surface area contributed by atoms with Crippen LogP contribution in [0, 0.1) is 0 Å². The molecule has 1 rings (SSSR count). The molecule has 3 heteroatoms. The highest BCUT2D eigenvalue weighted by atomic mass is 16.3. The van der Waals surface area contributed by atoms with Crippen molar-refractivity contribution in [3.63, 3.8) is 0 Å². The maximum atomic E-state index is 8.95. The van der Waals surface area contributed by atoms with Gasteiger partial charge < -0.3 is 10.4 Å². The van der Waals surface area contributed by atoms with Crippen molar-refractivity contribution in [2.75, 3.05) is 26.7 Å². The van der Waals surface area contributed by atoms with E-state index in [-0.39, 0.29) is 6.61 Å².